The van der Waals surface area contributed by atoms with E-state index in [0.717, 1.165) is 93.3 Å². The van der Waals surface area contributed by atoms with E-state index in [0.29, 0.717) is 13.2 Å². The van der Waals surface area contributed by atoms with Crippen LogP contribution in [0.15, 0.2) is 48.5 Å². The highest BCUT2D eigenvalue weighted by molar-refractivity contribution is 5.67. The van der Waals surface area contributed by atoms with Crippen LogP contribution in [0.5, 0.6) is 11.5 Å². The van der Waals surface area contributed by atoms with E-state index < -0.39 is 0 Å². The Kier molecular flexibility index (Phi) is 10.4. The average Bonchev–Trinajstić information content (AvgIpc) is 2.95. The molecule has 0 aliphatic carbocycles. The maximum absolute atomic E-state index is 5.88. The third-order valence-corrected chi connectivity index (χ3v) is 7.14. The number of nitrogens with zero attached hydrogens (tertiary/aromatic N) is 4. The molecular weight excluding hydrogens is 472 g/mol. The van der Waals surface area contributed by atoms with Gasteiger partial charge in [0.25, 0.3) is 0 Å². The first kappa shape index (κ1) is 27.9. The molecule has 0 amide bonds. The number of aromatic nitrogens is 2. The number of hydrogen-bond acceptors (Lipinski definition) is 6. The molecule has 3 aromatic rings. The molecule has 0 atom stereocenters. The Morgan fingerprint density at radius 1 is 0.763 bits per heavy atom. The van der Waals surface area contributed by atoms with Crippen LogP contribution < -0.4 is 14.4 Å². The van der Waals surface area contributed by atoms with Crippen LogP contribution in [-0.4, -0.2) is 48.4 Å². The third-order valence-electron chi connectivity index (χ3n) is 7.14. The quantitative estimate of drug-likeness (QED) is 0.232. The van der Waals surface area contributed by atoms with Crippen LogP contribution in [-0.2, 0) is 19.5 Å². The summed E-state index contributed by atoms with van der Waals surface area (Å²) in [5.74, 6) is 2.71. The van der Waals surface area contributed by atoms with Gasteiger partial charge in [0.15, 0.2) is 17.3 Å². The van der Waals surface area contributed by atoms with Gasteiger partial charge in [-0.05, 0) is 55.5 Å². The summed E-state index contributed by atoms with van der Waals surface area (Å²) in [6.45, 7) is 11.6. The molecule has 0 N–H and O–H groups in total. The molecule has 1 aromatic heterocycles. The zero-order valence-electron chi connectivity index (χ0n) is 23.7. The number of hydrogen-bond donors (Lipinski definition) is 0. The van der Waals surface area contributed by atoms with Crippen molar-refractivity contribution < 1.29 is 9.47 Å². The molecule has 0 saturated heterocycles. The second-order valence-electron chi connectivity index (χ2n) is 10.3. The van der Waals surface area contributed by atoms with Gasteiger partial charge >= 0.3 is 0 Å². The molecule has 204 valence electrons. The van der Waals surface area contributed by atoms with E-state index in [1.165, 1.54) is 16.7 Å². The van der Waals surface area contributed by atoms with Crippen molar-refractivity contribution in [1.82, 2.24) is 15.1 Å². The molecule has 38 heavy (non-hydrogen) atoms. The molecule has 0 spiro atoms. The van der Waals surface area contributed by atoms with Gasteiger partial charge in [-0.2, -0.15) is 0 Å². The minimum Gasteiger partial charge on any atom is -0.486 e. The van der Waals surface area contributed by atoms with Crippen LogP contribution in [0.2, 0.25) is 0 Å². The lowest BCUT2D eigenvalue weighted by Gasteiger charge is -2.29. The number of fused-ring (bicyclic) bond motifs is 1. The fraction of sp³-hybridized carbons (Fsp3) is 0.500. The van der Waals surface area contributed by atoms with Crippen LogP contribution in [0.4, 0.5) is 5.82 Å². The van der Waals surface area contributed by atoms with E-state index in [9.17, 15) is 0 Å². The number of unbranched alkanes of at least 4 members (excludes halogenated alkanes) is 2. The molecule has 6 nitrogen and oxygen atoms in total. The van der Waals surface area contributed by atoms with Crippen LogP contribution in [0.3, 0.4) is 0 Å². The average molecular weight is 517 g/mol. The summed E-state index contributed by atoms with van der Waals surface area (Å²) in [4.78, 5) is 4.86. The Bertz CT molecular complexity index is 1150. The lowest BCUT2D eigenvalue weighted by Crippen LogP contribution is -2.29. The molecule has 0 bridgehead atoms. The summed E-state index contributed by atoms with van der Waals surface area (Å²) < 4.78 is 11.6. The minimum absolute atomic E-state index is 0.606. The predicted molar refractivity (Wildman–Crippen MR) is 156 cm³/mol. The Morgan fingerprint density at radius 2 is 1.53 bits per heavy atom. The second-order valence-corrected chi connectivity index (χ2v) is 10.3. The Hall–Kier alpha value is -3.12. The van der Waals surface area contributed by atoms with Crippen molar-refractivity contribution in [1.29, 1.82) is 0 Å². The SMILES string of the molecule is CCCCc1c(-c2ccccc2)nnc(N(C)CCC)c1CN(CCCC)Cc1ccc2c(c1)OCCO2. The lowest BCUT2D eigenvalue weighted by atomic mass is 9.96. The van der Waals surface area contributed by atoms with Crippen molar-refractivity contribution in [3.63, 3.8) is 0 Å². The maximum atomic E-state index is 5.88. The summed E-state index contributed by atoms with van der Waals surface area (Å²) in [7, 11) is 2.15. The van der Waals surface area contributed by atoms with E-state index in [1.807, 2.05) is 0 Å². The highest BCUT2D eigenvalue weighted by atomic mass is 16.6. The largest absolute Gasteiger partial charge is 0.486 e. The van der Waals surface area contributed by atoms with E-state index in [4.69, 9.17) is 19.7 Å². The van der Waals surface area contributed by atoms with Gasteiger partial charge in [-0.1, -0.05) is 70.0 Å². The van der Waals surface area contributed by atoms with Crippen LogP contribution in [0.1, 0.15) is 69.6 Å². The van der Waals surface area contributed by atoms with Gasteiger partial charge in [0, 0.05) is 37.8 Å². The van der Waals surface area contributed by atoms with Crippen molar-refractivity contribution in [2.24, 2.45) is 0 Å². The predicted octanol–water partition coefficient (Wildman–Crippen LogP) is 6.91. The fourth-order valence-corrected chi connectivity index (χ4v) is 5.12. The first-order chi connectivity index (χ1) is 18.6. The molecule has 1 aliphatic heterocycles. The second kappa shape index (κ2) is 14.1. The molecular formula is C32H44N4O2. The van der Waals surface area contributed by atoms with Crippen molar-refractivity contribution in [3.05, 3.63) is 65.2 Å². The van der Waals surface area contributed by atoms with E-state index in [-0.39, 0.29) is 0 Å². The monoisotopic (exact) mass is 516 g/mol. The van der Waals surface area contributed by atoms with Gasteiger partial charge in [-0.15, -0.1) is 10.2 Å². The smallest absolute Gasteiger partial charge is 0.161 e. The van der Waals surface area contributed by atoms with Gasteiger partial charge in [-0.25, -0.2) is 0 Å². The Morgan fingerprint density at radius 3 is 2.26 bits per heavy atom. The van der Waals surface area contributed by atoms with Crippen LogP contribution in [0.25, 0.3) is 11.3 Å². The van der Waals surface area contributed by atoms with Crippen molar-refractivity contribution in [2.45, 2.75) is 72.4 Å². The molecule has 0 saturated carbocycles. The third kappa shape index (κ3) is 7.04. The number of anilines is 1. The molecule has 6 heteroatoms. The van der Waals surface area contributed by atoms with Gasteiger partial charge in [0.05, 0.1) is 5.69 Å². The summed E-state index contributed by atoms with van der Waals surface area (Å²) in [5.41, 5.74) is 6.07. The number of rotatable bonds is 14. The minimum atomic E-state index is 0.606. The number of ether oxygens (including phenoxy) is 2. The molecule has 2 aromatic carbocycles. The molecule has 1 aliphatic rings. The standard InChI is InChI=1S/C32H44N4O2/c1-5-8-15-27-28(32(35(4)18-7-3)34-33-31(27)26-13-11-10-12-14-26)24-36(19-9-6-2)23-25-16-17-29-30(22-25)38-21-20-37-29/h10-14,16-17,22H,5-9,15,18-21,23-24H2,1-4H3. The summed E-state index contributed by atoms with van der Waals surface area (Å²) in [5, 5.41) is 9.68. The first-order valence-corrected chi connectivity index (χ1v) is 14.4. The highest BCUT2D eigenvalue weighted by Crippen LogP contribution is 2.34. The summed E-state index contributed by atoms with van der Waals surface area (Å²) in [6, 6.07) is 16.9. The fourth-order valence-electron chi connectivity index (χ4n) is 5.12. The molecule has 0 fully saturated rings. The molecule has 2 heterocycles. The van der Waals surface area contributed by atoms with Crippen molar-refractivity contribution in [3.8, 4) is 22.8 Å². The molecule has 0 radical (unpaired) electrons. The number of benzene rings is 2. The van der Waals surface area contributed by atoms with E-state index in [1.54, 1.807) is 0 Å². The van der Waals surface area contributed by atoms with Crippen LogP contribution in [0, 0.1) is 0 Å². The summed E-state index contributed by atoms with van der Waals surface area (Å²) in [6.07, 6.45) is 6.66. The lowest BCUT2D eigenvalue weighted by molar-refractivity contribution is 0.171. The Balaban J connectivity index is 1.74. The molecule has 0 unspecified atom stereocenters. The maximum Gasteiger partial charge on any atom is 0.161 e. The van der Waals surface area contributed by atoms with E-state index in [2.05, 4.69) is 86.1 Å². The highest BCUT2D eigenvalue weighted by Gasteiger charge is 2.22. The van der Waals surface area contributed by atoms with Crippen molar-refractivity contribution in [2.75, 3.05) is 38.3 Å². The first-order valence-electron chi connectivity index (χ1n) is 14.4. The van der Waals surface area contributed by atoms with Gasteiger partial charge in [-0.3, -0.25) is 4.90 Å². The van der Waals surface area contributed by atoms with Gasteiger partial charge in [0.2, 0.25) is 0 Å². The zero-order chi connectivity index (χ0) is 26.7. The van der Waals surface area contributed by atoms with Crippen molar-refractivity contribution >= 4 is 5.82 Å². The molecule has 4 rings (SSSR count). The normalized spacial score (nSPS) is 12.7. The Labute approximate surface area is 229 Å². The van der Waals surface area contributed by atoms with Crippen LogP contribution >= 0.6 is 0 Å². The van der Waals surface area contributed by atoms with Gasteiger partial charge < -0.3 is 14.4 Å². The summed E-state index contributed by atoms with van der Waals surface area (Å²) >= 11 is 0. The topological polar surface area (TPSA) is 50.7 Å². The zero-order valence-corrected chi connectivity index (χ0v) is 23.7. The van der Waals surface area contributed by atoms with Gasteiger partial charge in [0.1, 0.15) is 13.2 Å². The van der Waals surface area contributed by atoms with E-state index >= 15 is 0 Å².